The number of halogens is 3. The lowest BCUT2D eigenvalue weighted by Crippen LogP contribution is -2.30. The molecule has 2 amide bonds. The molecule has 3 rings (SSSR count). The molecule has 31 heavy (non-hydrogen) atoms. The largest absolute Gasteiger partial charge is 0.376 e. The lowest BCUT2D eigenvalue weighted by molar-refractivity contribution is -0.114. The molecule has 0 bridgehead atoms. The maximum absolute atomic E-state index is 12.8. The van der Waals surface area contributed by atoms with E-state index in [1.807, 2.05) is 37.3 Å². The van der Waals surface area contributed by atoms with Crippen LogP contribution in [0.2, 0.25) is 15.1 Å². The van der Waals surface area contributed by atoms with Gasteiger partial charge in [-0.2, -0.15) is 0 Å². The second-order valence-electron chi connectivity index (χ2n) is 6.61. The zero-order chi connectivity index (χ0) is 22.4. The first-order valence-corrected chi connectivity index (χ1v) is 10.7. The number of hydrogen-bond acceptors (Lipinski definition) is 3. The Hall–Kier alpha value is -2.73. The number of para-hydroxylation sites is 1. The topological polar surface area (TPSA) is 61.4 Å². The lowest BCUT2D eigenvalue weighted by atomic mass is 10.1. The van der Waals surface area contributed by atoms with Crippen LogP contribution in [0, 0.1) is 0 Å². The van der Waals surface area contributed by atoms with Gasteiger partial charge in [0.15, 0.2) is 0 Å². The Kier molecular flexibility index (Phi) is 7.80. The molecule has 3 aromatic rings. The second-order valence-corrected chi connectivity index (χ2v) is 7.83. The third-order valence-electron chi connectivity index (χ3n) is 4.50. The number of nitrogens with one attached hydrogen (secondary N) is 2. The van der Waals surface area contributed by atoms with Gasteiger partial charge in [0.25, 0.3) is 5.91 Å². The standard InChI is InChI=1S/C23H20Cl3N3O2/c1-2-29(17-6-4-3-5-7-17)23(31)15-8-10-16(11-9-15)27-14-22(30)28-21-13-19(25)18(24)12-20(21)26/h3-13,27H,2,14H2,1H3,(H,28,30). The number of anilines is 3. The van der Waals surface area contributed by atoms with E-state index in [4.69, 9.17) is 34.8 Å². The molecule has 0 unspecified atom stereocenters. The number of carbonyl (C=O) groups is 2. The van der Waals surface area contributed by atoms with Gasteiger partial charge in [-0.1, -0.05) is 53.0 Å². The van der Waals surface area contributed by atoms with Crippen LogP contribution in [0.25, 0.3) is 0 Å². The molecular formula is C23H20Cl3N3O2. The highest BCUT2D eigenvalue weighted by Gasteiger charge is 2.16. The van der Waals surface area contributed by atoms with Crippen LogP contribution in [-0.2, 0) is 4.79 Å². The highest BCUT2D eigenvalue weighted by molar-refractivity contribution is 6.44. The predicted molar refractivity (Wildman–Crippen MR) is 129 cm³/mol. The third-order valence-corrected chi connectivity index (χ3v) is 5.53. The summed E-state index contributed by atoms with van der Waals surface area (Å²) >= 11 is 17.9. The van der Waals surface area contributed by atoms with Crippen LogP contribution < -0.4 is 15.5 Å². The zero-order valence-electron chi connectivity index (χ0n) is 16.7. The quantitative estimate of drug-likeness (QED) is 0.390. The Balaban J connectivity index is 1.60. The Morgan fingerprint density at radius 2 is 1.52 bits per heavy atom. The number of carbonyl (C=O) groups excluding carboxylic acids is 2. The SMILES string of the molecule is CCN(C(=O)c1ccc(NCC(=O)Nc2cc(Cl)c(Cl)cc2Cl)cc1)c1ccccc1. The van der Waals surface area contributed by atoms with Crippen LogP contribution in [0.4, 0.5) is 17.1 Å². The first-order chi connectivity index (χ1) is 14.9. The molecule has 8 heteroatoms. The molecule has 0 saturated heterocycles. The van der Waals surface area contributed by atoms with Crippen LogP contribution in [0.1, 0.15) is 17.3 Å². The molecule has 0 heterocycles. The summed E-state index contributed by atoms with van der Waals surface area (Å²) < 4.78 is 0. The van der Waals surface area contributed by atoms with E-state index in [2.05, 4.69) is 10.6 Å². The minimum atomic E-state index is -0.304. The number of rotatable bonds is 7. The normalized spacial score (nSPS) is 10.5. The fraction of sp³-hybridized carbons (Fsp3) is 0.130. The highest BCUT2D eigenvalue weighted by atomic mass is 35.5. The summed E-state index contributed by atoms with van der Waals surface area (Å²) in [6, 6.07) is 19.4. The fourth-order valence-electron chi connectivity index (χ4n) is 2.93. The van der Waals surface area contributed by atoms with Crippen molar-refractivity contribution in [3.63, 3.8) is 0 Å². The fourth-order valence-corrected chi connectivity index (χ4v) is 3.53. The molecule has 160 valence electrons. The van der Waals surface area contributed by atoms with Gasteiger partial charge in [-0.3, -0.25) is 9.59 Å². The number of nitrogens with zero attached hydrogens (tertiary/aromatic N) is 1. The van der Waals surface area contributed by atoms with Gasteiger partial charge in [0.05, 0.1) is 27.3 Å². The van der Waals surface area contributed by atoms with Crippen molar-refractivity contribution in [2.24, 2.45) is 0 Å². The van der Waals surface area contributed by atoms with Gasteiger partial charge >= 0.3 is 0 Å². The summed E-state index contributed by atoms with van der Waals surface area (Å²) in [4.78, 5) is 26.8. The van der Waals surface area contributed by atoms with E-state index in [1.165, 1.54) is 12.1 Å². The first kappa shape index (κ1) is 22.9. The molecule has 0 spiro atoms. The van der Waals surface area contributed by atoms with Gasteiger partial charge in [0.1, 0.15) is 0 Å². The van der Waals surface area contributed by atoms with Crippen molar-refractivity contribution in [2.45, 2.75) is 6.92 Å². The van der Waals surface area contributed by atoms with Crippen molar-refractivity contribution in [1.29, 1.82) is 0 Å². The summed E-state index contributed by atoms with van der Waals surface area (Å²) in [6.07, 6.45) is 0. The Morgan fingerprint density at radius 3 is 2.16 bits per heavy atom. The Bertz CT molecular complexity index is 1070. The van der Waals surface area contributed by atoms with Gasteiger partial charge in [0, 0.05) is 23.5 Å². The number of hydrogen-bond donors (Lipinski definition) is 2. The van der Waals surface area contributed by atoms with Crippen LogP contribution in [0.15, 0.2) is 66.7 Å². The molecule has 0 aromatic heterocycles. The van der Waals surface area contributed by atoms with Crippen LogP contribution in [0.5, 0.6) is 0 Å². The second kappa shape index (κ2) is 10.5. The van der Waals surface area contributed by atoms with E-state index < -0.39 is 0 Å². The Labute approximate surface area is 195 Å². The van der Waals surface area contributed by atoms with Gasteiger partial charge in [-0.25, -0.2) is 0 Å². The third kappa shape index (κ3) is 5.91. The van der Waals surface area contributed by atoms with Crippen LogP contribution in [0.3, 0.4) is 0 Å². The van der Waals surface area contributed by atoms with E-state index in [0.717, 1.165) is 5.69 Å². The maximum Gasteiger partial charge on any atom is 0.258 e. The summed E-state index contributed by atoms with van der Waals surface area (Å²) in [5.41, 5.74) is 2.48. The average Bonchev–Trinajstić information content (AvgIpc) is 2.77. The van der Waals surface area contributed by atoms with Crippen molar-refractivity contribution < 1.29 is 9.59 Å². The average molecular weight is 477 g/mol. The maximum atomic E-state index is 12.8. The minimum Gasteiger partial charge on any atom is -0.376 e. The van der Waals surface area contributed by atoms with Gasteiger partial charge in [-0.15, -0.1) is 0 Å². The Morgan fingerprint density at radius 1 is 0.871 bits per heavy atom. The number of benzene rings is 3. The van der Waals surface area contributed by atoms with E-state index in [-0.39, 0.29) is 18.4 Å². The van der Waals surface area contributed by atoms with E-state index in [1.54, 1.807) is 29.2 Å². The van der Waals surface area contributed by atoms with Crippen molar-refractivity contribution in [1.82, 2.24) is 0 Å². The molecule has 5 nitrogen and oxygen atoms in total. The molecule has 0 aliphatic heterocycles. The molecule has 0 saturated carbocycles. The molecule has 0 fully saturated rings. The van der Waals surface area contributed by atoms with Crippen molar-refractivity contribution in [3.8, 4) is 0 Å². The molecule has 2 N–H and O–H groups in total. The highest BCUT2D eigenvalue weighted by Crippen LogP contribution is 2.32. The van der Waals surface area contributed by atoms with E-state index in [0.29, 0.717) is 38.6 Å². The van der Waals surface area contributed by atoms with Gasteiger partial charge < -0.3 is 15.5 Å². The summed E-state index contributed by atoms with van der Waals surface area (Å²) in [6.45, 7) is 2.49. The van der Waals surface area contributed by atoms with Crippen molar-refractivity contribution in [2.75, 3.05) is 28.6 Å². The monoisotopic (exact) mass is 475 g/mol. The van der Waals surface area contributed by atoms with Crippen molar-refractivity contribution >= 4 is 63.7 Å². The van der Waals surface area contributed by atoms with E-state index >= 15 is 0 Å². The van der Waals surface area contributed by atoms with Gasteiger partial charge in [0.2, 0.25) is 5.91 Å². The molecule has 0 atom stereocenters. The molecule has 3 aromatic carbocycles. The van der Waals surface area contributed by atoms with Crippen LogP contribution >= 0.6 is 34.8 Å². The summed E-state index contributed by atoms with van der Waals surface area (Å²) in [5, 5.41) is 6.60. The number of amides is 2. The molecular weight excluding hydrogens is 457 g/mol. The first-order valence-electron chi connectivity index (χ1n) is 9.54. The smallest absolute Gasteiger partial charge is 0.258 e. The summed E-state index contributed by atoms with van der Waals surface area (Å²) in [5.74, 6) is -0.395. The van der Waals surface area contributed by atoms with Crippen molar-refractivity contribution in [3.05, 3.63) is 87.4 Å². The molecule has 0 aliphatic carbocycles. The van der Waals surface area contributed by atoms with Gasteiger partial charge in [-0.05, 0) is 55.5 Å². The molecule has 0 aliphatic rings. The van der Waals surface area contributed by atoms with Crippen LogP contribution in [-0.4, -0.2) is 24.9 Å². The summed E-state index contributed by atoms with van der Waals surface area (Å²) in [7, 11) is 0. The van der Waals surface area contributed by atoms with E-state index in [9.17, 15) is 9.59 Å². The lowest BCUT2D eigenvalue weighted by Gasteiger charge is -2.21. The zero-order valence-corrected chi connectivity index (χ0v) is 18.9. The predicted octanol–water partition coefficient (Wildman–Crippen LogP) is 6.36. The molecule has 0 radical (unpaired) electrons. The minimum absolute atomic E-state index is 0.00890.